The Balaban J connectivity index is 2.50. The number of aromatic nitrogens is 2. The van der Waals surface area contributed by atoms with E-state index in [4.69, 9.17) is 11.6 Å². The molecule has 0 unspecified atom stereocenters. The highest BCUT2D eigenvalue weighted by Gasteiger charge is 2.19. The average Bonchev–Trinajstić information content (AvgIpc) is 2.61. The number of hydrogen-bond donors (Lipinski definition) is 0. The van der Waals surface area contributed by atoms with E-state index in [9.17, 15) is 4.79 Å². The van der Waals surface area contributed by atoms with E-state index in [1.165, 1.54) is 0 Å². The van der Waals surface area contributed by atoms with Gasteiger partial charge in [0.1, 0.15) is 10.8 Å². The molecule has 1 aliphatic rings. The molecule has 0 fully saturated rings. The van der Waals surface area contributed by atoms with Gasteiger partial charge in [0.05, 0.1) is 5.69 Å². The third-order valence-electron chi connectivity index (χ3n) is 2.69. The zero-order valence-electron chi connectivity index (χ0n) is 9.09. The topological polar surface area (TPSA) is 34.9 Å². The first kappa shape index (κ1) is 10.7. The van der Waals surface area contributed by atoms with Gasteiger partial charge >= 0.3 is 0 Å². The van der Waals surface area contributed by atoms with E-state index in [0.717, 1.165) is 25.1 Å². The van der Waals surface area contributed by atoms with Crippen LogP contribution in [0.5, 0.6) is 0 Å². The Labute approximate surface area is 94.1 Å². The Morgan fingerprint density at radius 2 is 2.27 bits per heavy atom. The minimum atomic E-state index is 0.0561. The highest BCUT2D eigenvalue weighted by atomic mass is 35.5. The SMILES string of the molecule is CC(C)Cc1nc(Cl)c2n(c1=O)CCC2. The molecule has 0 radical (unpaired) electrons. The van der Waals surface area contributed by atoms with Gasteiger partial charge in [0, 0.05) is 6.54 Å². The van der Waals surface area contributed by atoms with Crippen LogP contribution in [0, 0.1) is 5.92 Å². The third-order valence-corrected chi connectivity index (χ3v) is 2.99. The van der Waals surface area contributed by atoms with Crippen LogP contribution >= 0.6 is 11.6 Å². The molecule has 0 spiro atoms. The number of rotatable bonds is 2. The van der Waals surface area contributed by atoms with Crippen molar-refractivity contribution in [2.24, 2.45) is 5.92 Å². The van der Waals surface area contributed by atoms with Crippen LogP contribution < -0.4 is 5.56 Å². The molecule has 0 saturated carbocycles. The first-order valence-electron chi connectivity index (χ1n) is 5.37. The summed E-state index contributed by atoms with van der Waals surface area (Å²) >= 11 is 6.06. The van der Waals surface area contributed by atoms with E-state index in [-0.39, 0.29) is 5.56 Å². The molecule has 1 aromatic rings. The fourth-order valence-electron chi connectivity index (χ4n) is 2.02. The lowest BCUT2D eigenvalue weighted by Crippen LogP contribution is -2.26. The van der Waals surface area contributed by atoms with Crippen LogP contribution in [-0.4, -0.2) is 9.55 Å². The standard InChI is InChI=1S/C11H15ClN2O/c1-7(2)6-8-11(15)14-5-3-4-9(14)10(12)13-8/h7H,3-6H2,1-2H3. The van der Waals surface area contributed by atoms with Gasteiger partial charge in [-0.1, -0.05) is 25.4 Å². The molecule has 0 amide bonds. The van der Waals surface area contributed by atoms with Crippen molar-refractivity contribution < 1.29 is 0 Å². The van der Waals surface area contributed by atoms with E-state index in [1.807, 2.05) is 0 Å². The predicted molar refractivity (Wildman–Crippen MR) is 60.4 cm³/mol. The van der Waals surface area contributed by atoms with Gasteiger partial charge in [-0.05, 0) is 25.2 Å². The molecule has 0 N–H and O–H groups in total. The van der Waals surface area contributed by atoms with E-state index < -0.39 is 0 Å². The molecule has 82 valence electrons. The summed E-state index contributed by atoms with van der Waals surface area (Å²) in [7, 11) is 0. The highest BCUT2D eigenvalue weighted by Crippen LogP contribution is 2.20. The van der Waals surface area contributed by atoms with Crippen molar-refractivity contribution >= 4 is 11.6 Å². The molecule has 4 heteroatoms. The summed E-state index contributed by atoms with van der Waals surface area (Å²) in [4.78, 5) is 16.2. The van der Waals surface area contributed by atoms with Crippen LogP contribution in [0.4, 0.5) is 0 Å². The van der Waals surface area contributed by atoms with E-state index in [0.29, 0.717) is 23.2 Å². The van der Waals surface area contributed by atoms with Gasteiger partial charge in [0.25, 0.3) is 5.56 Å². The van der Waals surface area contributed by atoms with E-state index in [2.05, 4.69) is 18.8 Å². The largest absolute Gasteiger partial charge is 0.308 e. The van der Waals surface area contributed by atoms with Crippen LogP contribution in [0.1, 0.15) is 31.7 Å². The maximum atomic E-state index is 12.0. The molecule has 3 nitrogen and oxygen atoms in total. The van der Waals surface area contributed by atoms with Crippen LogP contribution in [0.3, 0.4) is 0 Å². The summed E-state index contributed by atoms with van der Waals surface area (Å²) < 4.78 is 1.78. The number of halogens is 1. The van der Waals surface area contributed by atoms with E-state index >= 15 is 0 Å². The lowest BCUT2D eigenvalue weighted by atomic mass is 10.1. The molecule has 0 atom stereocenters. The average molecular weight is 227 g/mol. The number of hydrogen-bond acceptors (Lipinski definition) is 2. The summed E-state index contributed by atoms with van der Waals surface area (Å²) in [5, 5.41) is 0.516. The van der Waals surface area contributed by atoms with Crippen molar-refractivity contribution in [1.29, 1.82) is 0 Å². The van der Waals surface area contributed by atoms with Crippen molar-refractivity contribution in [2.75, 3.05) is 0 Å². The summed E-state index contributed by atoms with van der Waals surface area (Å²) in [6.07, 6.45) is 2.59. The molecular formula is C11H15ClN2O. The summed E-state index contributed by atoms with van der Waals surface area (Å²) in [5.41, 5.74) is 1.58. The second kappa shape index (κ2) is 3.97. The molecule has 0 aliphatic carbocycles. The zero-order valence-corrected chi connectivity index (χ0v) is 9.84. The van der Waals surface area contributed by atoms with Crippen LogP contribution in [-0.2, 0) is 19.4 Å². The fourth-order valence-corrected chi connectivity index (χ4v) is 2.32. The lowest BCUT2D eigenvalue weighted by molar-refractivity contribution is 0.612. The molecule has 15 heavy (non-hydrogen) atoms. The molecule has 0 bridgehead atoms. The maximum absolute atomic E-state index is 12.0. The van der Waals surface area contributed by atoms with Crippen molar-refractivity contribution in [2.45, 2.75) is 39.7 Å². The summed E-state index contributed by atoms with van der Waals surface area (Å²) in [6.45, 7) is 4.95. The van der Waals surface area contributed by atoms with Gasteiger partial charge in [-0.25, -0.2) is 4.98 Å². The Morgan fingerprint density at radius 1 is 1.53 bits per heavy atom. The van der Waals surface area contributed by atoms with Gasteiger partial charge < -0.3 is 4.57 Å². The summed E-state index contributed by atoms with van der Waals surface area (Å²) in [6, 6.07) is 0. The molecule has 0 aromatic carbocycles. The second-order valence-electron chi connectivity index (χ2n) is 4.45. The number of fused-ring (bicyclic) bond motifs is 1. The van der Waals surface area contributed by atoms with E-state index in [1.54, 1.807) is 4.57 Å². The van der Waals surface area contributed by atoms with Crippen LogP contribution in [0.2, 0.25) is 5.15 Å². The van der Waals surface area contributed by atoms with Gasteiger partial charge in [-0.15, -0.1) is 0 Å². The fraction of sp³-hybridized carbons (Fsp3) is 0.636. The second-order valence-corrected chi connectivity index (χ2v) is 4.81. The monoisotopic (exact) mass is 226 g/mol. The normalized spacial score (nSPS) is 14.7. The first-order chi connectivity index (χ1) is 7.09. The quantitative estimate of drug-likeness (QED) is 0.774. The van der Waals surface area contributed by atoms with Crippen molar-refractivity contribution in [3.8, 4) is 0 Å². The molecular weight excluding hydrogens is 212 g/mol. The van der Waals surface area contributed by atoms with Gasteiger partial charge in [-0.3, -0.25) is 4.79 Å². The minimum absolute atomic E-state index is 0.0561. The smallest absolute Gasteiger partial charge is 0.272 e. The predicted octanol–water partition coefficient (Wildman–Crippen LogP) is 2.04. The zero-order chi connectivity index (χ0) is 11.0. The van der Waals surface area contributed by atoms with Crippen LogP contribution in [0.25, 0.3) is 0 Å². The Kier molecular flexibility index (Phi) is 2.83. The lowest BCUT2D eigenvalue weighted by Gasteiger charge is -2.09. The highest BCUT2D eigenvalue weighted by molar-refractivity contribution is 6.30. The molecule has 1 aliphatic heterocycles. The summed E-state index contributed by atoms with van der Waals surface area (Å²) in [5.74, 6) is 0.432. The van der Waals surface area contributed by atoms with Gasteiger partial charge in [-0.2, -0.15) is 0 Å². The van der Waals surface area contributed by atoms with Gasteiger partial charge in [0.15, 0.2) is 0 Å². The van der Waals surface area contributed by atoms with Crippen molar-refractivity contribution in [3.63, 3.8) is 0 Å². The Bertz CT molecular complexity index is 437. The van der Waals surface area contributed by atoms with Crippen molar-refractivity contribution in [1.82, 2.24) is 9.55 Å². The van der Waals surface area contributed by atoms with Crippen molar-refractivity contribution in [3.05, 3.63) is 26.9 Å². The molecule has 0 saturated heterocycles. The Morgan fingerprint density at radius 3 is 2.93 bits per heavy atom. The first-order valence-corrected chi connectivity index (χ1v) is 5.75. The molecule has 2 heterocycles. The van der Waals surface area contributed by atoms with Gasteiger partial charge in [0.2, 0.25) is 0 Å². The molecule has 1 aromatic heterocycles. The number of nitrogens with zero attached hydrogens (tertiary/aromatic N) is 2. The maximum Gasteiger partial charge on any atom is 0.272 e. The van der Waals surface area contributed by atoms with Crippen LogP contribution in [0.15, 0.2) is 4.79 Å². The Hall–Kier alpha value is -0.830. The third kappa shape index (κ3) is 1.93. The molecule has 2 rings (SSSR count). The minimum Gasteiger partial charge on any atom is -0.308 e.